The van der Waals surface area contributed by atoms with E-state index >= 15 is 0 Å². The largest absolute Gasteiger partial charge is 0.354 e. The van der Waals surface area contributed by atoms with Gasteiger partial charge in [-0.1, -0.05) is 24.3 Å². The van der Waals surface area contributed by atoms with E-state index < -0.39 is 0 Å². The van der Waals surface area contributed by atoms with Crippen molar-refractivity contribution in [2.24, 2.45) is 0 Å². The fourth-order valence-corrected chi connectivity index (χ4v) is 3.78. The average Bonchev–Trinajstić information content (AvgIpc) is 3.27. The number of hydrogen-bond donors (Lipinski definition) is 1. The molecule has 0 aliphatic rings. The van der Waals surface area contributed by atoms with Crippen molar-refractivity contribution < 1.29 is 4.79 Å². The van der Waals surface area contributed by atoms with E-state index in [1.807, 2.05) is 46.6 Å². The van der Waals surface area contributed by atoms with Gasteiger partial charge in [-0.3, -0.25) is 9.48 Å². The molecule has 4 nitrogen and oxygen atoms in total. The molecule has 0 atom stereocenters. The second-order valence-corrected chi connectivity index (χ2v) is 7.32. The van der Waals surface area contributed by atoms with Gasteiger partial charge in [-0.25, -0.2) is 0 Å². The lowest BCUT2D eigenvalue weighted by atomic mass is 10.3. The van der Waals surface area contributed by atoms with Gasteiger partial charge in [0, 0.05) is 29.8 Å². The summed E-state index contributed by atoms with van der Waals surface area (Å²) in [5.74, 6) is 0.879. The first-order chi connectivity index (χ1) is 11.8. The molecule has 6 heteroatoms. The molecule has 0 unspecified atom stereocenters. The fourth-order valence-electron chi connectivity index (χ4n) is 2.22. The standard InChI is InChI=1S/C18H19N3OS2/c22-18(9-14-23-15-5-2-1-3-6-15)19-10-12-21-11-8-16(20-21)17-7-4-13-24-17/h1-8,11,13H,9-10,12,14H2,(H,19,22). The Hall–Kier alpha value is -2.05. The number of aromatic nitrogens is 2. The topological polar surface area (TPSA) is 46.9 Å². The lowest BCUT2D eigenvalue weighted by molar-refractivity contribution is -0.120. The lowest BCUT2D eigenvalue weighted by Crippen LogP contribution is -2.27. The first-order valence-corrected chi connectivity index (χ1v) is 9.70. The van der Waals surface area contributed by atoms with E-state index in [0.29, 0.717) is 19.5 Å². The molecular formula is C18H19N3OS2. The number of thioether (sulfide) groups is 1. The summed E-state index contributed by atoms with van der Waals surface area (Å²) < 4.78 is 1.87. The van der Waals surface area contributed by atoms with Crippen molar-refractivity contribution in [1.82, 2.24) is 15.1 Å². The zero-order chi connectivity index (χ0) is 16.6. The third-order valence-corrected chi connectivity index (χ3v) is 5.32. The molecule has 1 amide bonds. The van der Waals surface area contributed by atoms with Crippen LogP contribution >= 0.6 is 23.1 Å². The SMILES string of the molecule is O=C(CCSc1ccccc1)NCCn1ccc(-c2cccs2)n1. The molecule has 3 rings (SSSR count). The van der Waals surface area contributed by atoms with E-state index in [-0.39, 0.29) is 5.91 Å². The second kappa shape index (κ2) is 8.70. The van der Waals surface area contributed by atoms with Crippen molar-refractivity contribution in [3.63, 3.8) is 0 Å². The molecule has 1 aromatic carbocycles. The predicted molar refractivity (Wildman–Crippen MR) is 100 cm³/mol. The number of nitrogens with one attached hydrogen (secondary N) is 1. The van der Waals surface area contributed by atoms with Crippen LogP contribution in [-0.4, -0.2) is 28.0 Å². The Bertz CT molecular complexity index is 754. The molecule has 2 aromatic heterocycles. The summed E-state index contributed by atoms with van der Waals surface area (Å²) in [5.41, 5.74) is 0.982. The van der Waals surface area contributed by atoms with E-state index in [4.69, 9.17) is 0 Å². The minimum absolute atomic E-state index is 0.0871. The summed E-state index contributed by atoms with van der Waals surface area (Å²) in [4.78, 5) is 14.2. The van der Waals surface area contributed by atoms with Gasteiger partial charge in [0.15, 0.2) is 0 Å². The van der Waals surface area contributed by atoms with Crippen molar-refractivity contribution in [2.75, 3.05) is 12.3 Å². The Morgan fingerprint density at radius 2 is 2.04 bits per heavy atom. The first kappa shape index (κ1) is 16.8. The second-order valence-electron chi connectivity index (χ2n) is 5.20. The summed E-state index contributed by atoms with van der Waals surface area (Å²) >= 11 is 3.38. The van der Waals surface area contributed by atoms with Gasteiger partial charge < -0.3 is 5.32 Å². The highest BCUT2D eigenvalue weighted by molar-refractivity contribution is 7.99. The van der Waals surface area contributed by atoms with Gasteiger partial charge in [-0.15, -0.1) is 23.1 Å². The quantitative estimate of drug-likeness (QED) is 0.622. The Morgan fingerprint density at radius 1 is 1.17 bits per heavy atom. The highest BCUT2D eigenvalue weighted by Gasteiger charge is 2.04. The van der Waals surface area contributed by atoms with E-state index in [0.717, 1.165) is 16.3 Å². The monoisotopic (exact) mass is 357 g/mol. The molecule has 0 saturated carbocycles. The van der Waals surface area contributed by atoms with Gasteiger partial charge in [-0.05, 0) is 29.6 Å². The molecule has 0 fully saturated rings. The Morgan fingerprint density at radius 3 is 2.83 bits per heavy atom. The van der Waals surface area contributed by atoms with Crippen molar-refractivity contribution in [3.05, 3.63) is 60.1 Å². The minimum atomic E-state index is 0.0871. The van der Waals surface area contributed by atoms with Gasteiger partial charge in [0.25, 0.3) is 0 Å². The number of rotatable bonds is 8. The highest BCUT2D eigenvalue weighted by Crippen LogP contribution is 2.22. The van der Waals surface area contributed by atoms with E-state index in [9.17, 15) is 4.79 Å². The summed E-state index contributed by atoms with van der Waals surface area (Å²) in [6.07, 6.45) is 2.48. The van der Waals surface area contributed by atoms with Crippen molar-refractivity contribution >= 4 is 29.0 Å². The number of nitrogens with zero attached hydrogens (tertiary/aromatic N) is 2. The predicted octanol–water partition coefficient (Wildman–Crippen LogP) is 3.91. The normalized spacial score (nSPS) is 10.7. The zero-order valence-electron chi connectivity index (χ0n) is 13.2. The fraction of sp³-hybridized carbons (Fsp3) is 0.222. The first-order valence-electron chi connectivity index (χ1n) is 7.83. The van der Waals surface area contributed by atoms with Crippen LogP contribution in [0.3, 0.4) is 0 Å². The molecule has 3 aromatic rings. The van der Waals surface area contributed by atoms with E-state index in [1.165, 1.54) is 4.90 Å². The Labute approximate surface area is 149 Å². The summed E-state index contributed by atoms with van der Waals surface area (Å²) in [5, 5.41) is 9.52. The van der Waals surface area contributed by atoms with Crippen LogP contribution in [0, 0.1) is 0 Å². The summed E-state index contributed by atoms with van der Waals surface area (Å²) in [6.45, 7) is 1.28. The van der Waals surface area contributed by atoms with Crippen LogP contribution in [-0.2, 0) is 11.3 Å². The molecule has 1 N–H and O–H groups in total. The molecule has 0 radical (unpaired) electrons. The number of carbonyl (C=O) groups is 1. The number of amides is 1. The van der Waals surface area contributed by atoms with E-state index in [2.05, 4.69) is 28.6 Å². The average molecular weight is 358 g/mol. The maximum Gasteiger partial charge on any atom is 0.220 e. The zero-order valence-corrected chi connectivity index (χ0v) is 14.9. The molecule has 2 heterocycles. The van der Waals surface area contributed by atoms with Crippen LogP contribution in [0.15, 0.2) is 65.0 Å². The molecule has 124 valence electrons. The van der Waals surface area contributed by atoms with Crippen LogP contribution < -0.4 is 5.32 Å². The molecule has 0 aliphatic carbocycles. The molecule has 0 aliphatic heterocycles. The van der Waals surface area contributed by atoms with Gasteiger partial charge >= 0.3 is 0 Å². The molecule has 0 saturated heterocycles. The van der Waals surface area contributed by atoms with Crippen LogP contribution in [0.2, 0.25) is 0 Å². The minimum Gasteiger partial charge on any atom is -0.354 e. The smallest absolute Gasteiger partial charge is 0.220 e. The van der Waals surface area contributed by atoms with Crippen molar-refractivity contribution in [2.45, 2.75) is 17.9 Å². The van der Waals surface area contributed by atoms with Gasteiger partial charge in [0.2, 0.25) is 5.91 Å². The van der Waals surface area contributed by atoms with Crippen LogP contribution in [0.25, 0.3) is 10.6 Å². The number of benzene rings is 1. The molecule has 0 spiro atoms. The maximum atomic E-state index is 11.9. The Balaban J connectivity index is 1.35. The highest BCUT2D eigenvalue weighted by atomic mass is 32.2. The third kappa shape index (κ3) is 4.97. The Kier molecular flexibility index (Phi) is 6.09. The third-order valence-electron chi connectivity index (χ3n) is 3.42. The van der Waals surface area contributed by atoms with Crippen LogP contribution in [0.1, 0.15) is 6.42 Å². The van der Waals surface area contributed by atoms with Crippen LogP contribution in [0.4, 0.5) is 0 Å². The van der Waals surface area contributed by atoms with Gasteiger partial charge in [0.1, 0.15) is 5.69 Å². The molecule has 0 bridgehead atoms. The number of thiophene rings is 1. The van der Waals surface area contributed by atoms with Crippen molar-refractivity contribution in [1.29, 1.82) is 0 Å². The summed E-state index contributed by atoms with van der Waals surface area (Å²) in [6, 6.07) is 16.2. The lowest BCUT2D eigenvalue weighted by Gasteiger charge is -2.05. The summed E-state index contributed by atoms with van der Waals surface area (Å²) in [7, 11) is 0. The number of carbonyl (C=O) groups excluding carboxylic acids is 1. The van der Waals surface area contributed by atoms with Gasteiger partial charge in [0.05, 0.1) is 11.4 Å². The van der Waals surface area contributed by atoms with Crippen molar-refractivity contribution in [3.8, 4) is 10.6 Å². The molecular weight excluding hydrogens is 338 g/mol. The maximum absolute atomic E-state index is 11.9. The van der Waals surface area contributed by atoms with Crippen LogP contribution in [0.5, 0.6) is 0 Å². The van der Waals surface area contributed by atoms with E-state index in [1.54, 1.807) is 23.1 Å². The molecule has 24 heavy (non-hydrogen) atoms. The number of hydrogen-bond acceptors (Lipinski definition) is 4. The van der Waals surface area contributed by atoms with Gasteiger partial charge in [-0.2, -0.15) is 5.10 Å².